The van der Waals surface area contributed by atoms with E-state index in [2.05, 4.69) is 6.58 Å². The van der Waals surface area contributed by atoms with E-state index in [1.807, 2.05) is 11.0 Å². The van der Waals surface area contributed by atoms with E-state index in [-0.39, 0.29) is 23.7 Å². The van der Waals surface area contributed by atoms with Gasteiger partial charge in [-0.3, -0.25) is 4.79 Å². The van der Waals surface area contributed by atoms with Crippen LogP contribution in [0.5, 0.6) is 0 Å². The van der Waals surface area contributed by atoms with E-state index in [0.29, 0.717) is 37.9 Å². The molecule has 0 unspecified atom stereocenters. The topological polar surface area (TPSA) is 40.5 Å². The highest BCUT2D eigenvalue weighted by molar-refractivity contribution is 5.91. The number of likely N-dealkylation sites (tertiary alicyclic amines) is 1. The fourth-order valence-electron chi connectivity index (χ4n) is 3.92. The predicted octanol–water partition coefficient (Wildman–Crippen LogP) is 3.03. The summed E-state index contributed by atoms with van der Waals surface area (Å²) in [5.41, 5.74) is -0.451. The Morgan fingerprint density at radius 1 is 1.35 bits per heavy atom. The zero-order valence-electron chi connectivity index (χ0n) is 13.4. The van der Waals surface area contributed by atoms with Crippen LogP contribution >= 0.6 is 0 Å². The predicted molar refractivity (Wildman–Crippen MR) is 87.5 cm³/mol. The van der Waals surface area contributed by atoms with Crippen LogP contribution in [0.2, 0.25) is 0 Å². The quantitative estimate of drug-likeness (QED) is 0.848. The molecule has 1 atom stereocenters. The SMILES string of the molecule is C=CC[C@]1(CO)CCCN(C(=O)C2(c3ccccc3F)CC2)C1. The summed E-state index contributed by atoms with van der Waals surface area (Å²) in [5, 5.41) is 9.81. The molecule has 0 radical (unpaired) electrons. The lowest BCUT2D eigenvalue weighted by molar-refractivity contribution is -0.138. The van der Waals surface area contributed by atoms with Gasteiger partial charge in [0, 0.05) is 24.1 Å². The third-order valence-corrected chi connectivity index (χ3v) is 5.41. The Balaban J connectivity index is 1.83. The summed E-state index contributed by atoms with van der Waals surface area (Å²) < 4.78 is 14.2. The van der Waals surface area contributed by atoms with E-state index in [1.54, 1.807) is 18.2 Å². The standard InChI is InChI=1S/C19H24FNO2/c1-2-8-18(14-22)9-5-12-21(13-18)17(23)19(10-11-19)15-6-3-4-7-16(15)20/h2-4,6-7,22H,1,5,8-14H2/t18-/m0/s1. The molecular weight excluding hydrogens is 293 g/mol. The van der Waals surface area contributed by atoms with E-state index < -0.39 is 5.41 Å². The minimum Gasteiger partial charge on any atom is -0.396 e. The zero-order chi connectivity index (χ0) is 16.5. The van der Waals surface area contributed by atoms with Crippen molar-refractivity contribution in [1.29, 1.82) is 0 Å². The first-order valence-corrected chi connectivity index (χ1v) is 8.33. The van der Waals surface area contributed by atoms with Crippen LogP contribution < -0.4 is 0 Å². The summed E-state index contributed by atoms with van der Waals surface area (Å²) in [4.78, 5) is 14.9. The molecule has 1 N–H and O–H groups in total. The Labute approximate surface area is 136 Å². The van der Waals surface area contributed by atoms with Crippen LogP contribution in [-0.2, 0) is 10.2 Å². The smallest absolute Gasteiger partial charge is 0.233 e. The molecule has 124 valence electrons. The lowest BCUT2D eigenvalue weighted by Gasteiger charge is -2.42. The molecule has 23 heavy (non-hydrogen) atoms. The van der Waals surface area contributed by atoms with E-state index in [0.717, 1.165) is 12.8 Å². The van der Waals surface area contributed by atoms with Gasteiger partial charge in [0.1, 0.15) is 5.82 Å². The van der Waals surface area contributed by atoms with Gasteiger partial charge in [-0.15, -0.1) is 6.58 Å². The molecule has 3 nitrogen and oxygen atoms in total. The number of hydrogen-bond acceptors (Lipinski definition) is 2. The van der Waals surface area contributed by atoms with Crippen LogP contribution in [-0.4, -0.2) is 35.6 Å². The van der Waals surface area contributed by atoms with Crippen molar-refractivity contribution in [3.63, 3.8) is 0 Å². The van der Waals surface area contributed by atoms with Gasteiger partial charge >= 0.3 is 0 Å². The number of halogens is 1. The van der Waals surface area contributed by atoms with Gasteiger partial charge in [0.05, 0.1) is 12.0 Å². The Kier molecular flexibility index (Phi) is 4.28. The van der Waals surface area contributed by atoms with Gasteiger partial charge in [-0.1, -0.05) is 24.3 Å². The fraction of sp³-hybridized carbons (Fsp3) is 0.526. The molecule has 3 rings (SSSR count). The minimum atomic E-state index is -0.682. The number of carbonyl (C=O) groups excluding carboxylic acids is 1. The molecule has 2 fully saturated rings. The van der Waals surface area contributed by atoms with Crippen LogP contribution in [0.25, 0.3) is 0 Å². The Bertz CT molecular complexity index is 611. The number of piperidine rings is 1. The largest absolute Gasteiger partial charge is 0.396 e. The average Bonchev–Trinajstić information content (AvgIpc) is 3.37. The molecule has 1 aliphatic carbocycles. The number of aliphatic hydroxyl groups is 1. The number of nitrogens with zero attached hydrogens (tertiary/aromatic N) is 1. The molecule has 1 aromatic carbocycles. The van der Waals surface area contributed by atoms with Gasteiger partial charge in [0.25, 0.3) is 0 Å². The highest BCUT2D eigenvalue weighted by Gasteiger charge is 2.55. The number of carbonyl (C=O) groups is 1. The van der Waals surface area contributed by atoms with Gasteiger partial charge in [-0.25, -0.2) is 4.39 Å². The third-order valence-electron chi connectivity index (χ3n) is 5.41. The molecule has 1 aliphatic heterocycles. The van der Waals surface area contributed by atoms with E-state index in [9.17, 15) is 14.3 Å². The lowest BCUT2D eigenvalue weighted by Crippen LogP contribution is -2.50. The number of hydrogen-bond donors (Lipinski definition) is 1. The number of amides is 1. The summed E-state index contributed by atoms with van der Waals surface area (Å²) in [6.07, 6.45) is 5.68. The van der Waals surface area contributed by atoms with Crippen molar-refractivity contribution in [2.75, 3.05) is 19.7 Å². The van der Waals surface area contributed by atoms with Gasteiger partial charge < -0.3 is 10.0 Å². The average molecular weight is 317 g/mol. The maximum atomic E-state index is 14.2. The monoisotopic (exact) mass is 317 g/mol. The highest BCUT2D eigenvalue weighted by Crippen LogP contribution is 2.51. The number of benzene rings is 1. The molecule has 2 aliphatic rings. The molecule has 0 spiro atoms. The van der Waals surface area contributed by atoms with Crippen molar-refractivity contribution in [1.82, 2.24) is 4.90 Å². The van der Waals surface area contributed by atoms with Crippen LogP contribution in [0.3, 0.4) is 0 Å². The molecule has 1 heterocycles. The molecule has 1 aromatic rings. The molecule has 1 saturated carbocycles. The summed E-state index contributed by atoms with van der Waals surface area (Å²) >= 11 is 0. The molecule has 1 amide bonds. The number of aliphatic hydroxyl groups excluding tert-OH is 1. The van der Waals surface area contributed by atoms with Crippen molar-refractivity contribution in [3.8, 4) is 0 Å². The van der Waals surface area contributed by atoms with Crippen molar-refractivity contribution >= 4 is 5.91 Å². The summed E-state index contributed by atoms with van der Waals surface area (Å²) in [5.74, 6) is -0.279. The molecule has 0 bridgehead atoms. The van der Waals surface area contributed by atoms with Crippen molar-refractivity contribution in [2.24, 2.45) is 5.41 Å². The van der Waals surface area contributed by atoms with Gasteiger partial charge in [-0.2, -0.15) is 0 Å². The Morgan fingerprint density at radius 2 is 2.09 bits per heavy atom. The summed E-state index contributed by atoms with van der Waals surface area (Å²) in [6, 6.07) is 6.60. The molecular formula is C19H24FNO2. The number of allylic oxidation sites excluding steroid dienone is 1. The maximum absolute atomic E-state index is 14.2. The normalized spacial score (nSPS) is 25.9. The van der Waals surface area contributed by atoms with Gasteiger partial charge in [0.2, 0.25) is 5.91 Å². The Morgan fingerprint density at radius 3 is 2.70 bits per heavy atom. The summed E-state index contributed by atoms with van der Waals surface area (Å²) in [7, 11) is 0. The first-order chi connectivity index (χ1) is 11.1. The first-order valence-electron chi connectivity index (χ1n) is 8.33. The second kappa shape index (κ2) is 6.08. The lowest BCUT2D eigenvalue weighted by atomic mass is 9.77. The zero-order valence-corrected chi connectivity index (χ0v) is 13.4. The van der Waals surface area contributed by atoms with Crippen LogP contribution in [0, 0.1) is 11.2 Å². The van der Waals surface area contributed by atoms with Crippen molar-refractivity contribution in [3.05, 3.63) is 48.3 Å². The second-order valence-corrected chi connectivity index (χ2v) is 7.04. The van der Waals surface area contributed by atoms with Crippen molar-refractivity contribution < 1.29 is 14.3 Å². The molecule has 0 aromatic heterocycles. The van der Waals surface area contributed by atoms with Crippen LogP contribution in [0.15, 0.2) is 36.9 Å². The number of rotatable bonds is 5. The van der Waals surface area contributed by atoms with E-state index in [1.165, 1.54) is 6.07 Å². The molecule has 1 saturated heterocycles. The molecule has 4 heteroatoms. The van der Waals surface area contributed by atoms with Crippen LogP contribution in [0.4, 0.5) is 4.39 Å². The van der Waals surface area contributed by atoms with Gasteiger partial charge in [-0.05, 0) is 38.2 Å². The first kappa shape index (κ1) is 16.2. The van der Waals surface area contributed by atoms with Crippen LogP contribution in [0.1, 0.15) is 37.7 Å². The van der Waals surface area contributed by atoms with Crippen molar-refractivity contribution in [2.45, 2.75) is 37.5 Å². The third kappa shape index (κ3) is 2.80. The van der Waals surface area contributed by atoms with E-state index >= 15 is 0 Å². The maximum Gasteiger partial charge on any atom is 0.233 e. The van der Waals surface area contributed by atoms with E-state index in [4.69, 9.17) is 0 Å². The Hall–Kier alpha value is -1.68. The summed E-state index contributed by atoms with van der Waals surface area (Å²) in [6.45, 7) is 5.05. The van der Waals surface area contributed by atoms with Gasteiger partial charge in [0.15, 0.2) is 0 Å². The highest BCUT2D eigenvalue weighted by atomic mass is 19.1. The minimum absolute atomic E-state index is 0.0178. The fourth-order valence-corrected chi connectivity index (χ4v) is 3.92. The second-order valence-electron chi connectivity index (χ2n) is 7.04.